The Labute approximate surface area is 213 Å². The molecule has 0 saturated heterocycles. The second-order valence-electron chi connectivity index (χ2n) is 7.39. The molecule has 4 rings (SSSR count). The molecule has 0 aliphatic rings. The maximum atomic E-state index is 10.8. The summed E-state index contributed by atoms with van der Waals surface area (Å²) >= 11 is 7.16. The zero-order valence-electron chi connectivity index (χ0n) is 17.9. The van der Waals surface area contributed by atoms with Gasteiger partial charge in [0.15, 0.2) is 0 Å². The molecule has 4 aromatic rings. The Hall–Kier alpha value is -3.36. The van der Waals surface area contributed by atoms with Gasteiger partial charge in [0, 0.05) is 24.4 Å². The highest BCUT2D eigenvalue weighted by Crippen LogP contribution is 2.35. The van der Waals surface area contributed by atoms with Gasteiger partial charge in [-0.05, 0) is 104 Å². The van der Waals surface area contributed by atoms with Crippen LogP contribution in [-0.4, -0.2) is 4.92 Å². The number of nitro benzene ring substituents is 1. The number of nitro groups is 1. The molecule has 8 heteroatoms. The van der Waals surface area contributed by atoms with Crippen molar-refractivity contribution in [2.75, 3.05) is 5.32 Å². The number of ether oxygens (including phenoxy) is 2. The highest BCUT2D eigenvalue weighted by Gasteiger charge is 2.11. The van der Waals surface area contributed by atoms with E-state index in [1.807, 2.05) is 66.7 Å². The Kier molecular flexibility index (Phi) is 7.82. The van der Waals surface area contributed by atoms with E-state index in [0.29, 0.717) is 18.9 Å². The minimum atomic E-state index is -0.419. The number of halogens is 2. The van der Waals surface area contributed by atoms with Crippen molar-refractivity contribution in [1.82, 2.24) is 0 Å². The van der Waals surface area contributed by atoms with Crippen LogP contribution in [0.5, 0.6) is 17.2 Å². The van der Waals surface area contributed by atoms with Gasteiger partial charge in [0.2, 0.25) is 0 Å². The van der Waals surface area contributed by atoms with Crippen LogP contribution in [0.25, 0.3) is 0 Å². The summed E-state index contributed by atoms with van der Waals surface area (Å²) in [5.74, 6) is 2.25. The number of anilines is 1. The van der Waals surface area contributed by atoms with Crippen molar-refractivity contribution in [3.8, 4) is 17.2 Å². The molecule has 0 amide bonds. The van der Waals surface area contributed by atoms with E-state index in [9.17, 15) is 10.1 Å². The van der Waals surface area contributed by atoms with Gasteiger partial charge >= 0.3 is 0 Å². The van der Waals surface area contributed by atoms with E-state index in [-0.39, 0.29) is 5.69 Å². The van der Waals surface area contributed by atoms with Crippen molar-refractivity contribution >= 4 is 43.2 Å². The largest absolute Gasteiger partial charge is 0.487 e. The molecule has 0 bridgehead atoms. The Morgan fingerprint density at radius 3 is 2.03 bits per heavy atom. The van der Waals surface area contributed by atoms with Crippen LogP contribution in [0.15, 0.2) is 99.9 Å². The van der Waals surface area contributed by atoms with Gasteiger partial charge < -0.3 is 14.8 Å². The number of nitrogens with zero attached hydrogens (tertiary/aromatic N) is 1. The van der Waals surface area contributed by atoms with E-state index in [0.717, 1.165) is 37.3 Å². The molecule has 0 heterocycles. The molecule has 0 spiro atoms. The number of para-hydroxylation sites is 1. The summed E-state index contributed by atoms with van der Waals surface area (Å²) in [7, 11) is 0. The molecule has 0 radical (unpaired) electrons. The first kappa shape index (κ1) is 23.8. The highest BCUT2D eigenvalue weighted by molar-refractivity contribution is 9.11. The molecule has 0 unspecified atom stereocenters. The highest BCUT2D eigenvalue weighted by atomic mass is 79.9. The fraction of sp³-hybridized carbons (Fsp3) is 0.0769. The quantitative estimate of drug-likeness (QED) is 0.159. The summed E-state index contributed by atoms with van der Waals surface area (Å²) < 4.78 is 13.4. The van der Waals surface area contributed by atoms with E-state index in [1.54, 1.807) is 12.1 Å². The molecule has 0 aromatic heterocycles. The van der Waals surface area contributed by atoms with Gasteiger partial charge in [-0.15, -0.1) is 0 Å². The summed E-state index contributed by atoms with van der Waals surface area (Å²) in [6, 6.07) is 27.8. The lowest BCUT2D eigenvalue weighted by molar-refractivity contribution is -0.384. The molecule has 0 saturated carbocycles. The van der Waals surface area contributed by atoms with Crippen molar-refractivity contribution in [2.24, 2.45) is 0 Å². The number of non-ortho nitro benzene ring substituents is 1. The molecular formula is C26H20Br2N2O4. The maximum absolute atomic E-state index is 10.8. The lowest BCUT2D eigenvalue weighted by Gasteiger charge is -2.14. The van der Waals surface area contributed by atoms with Crippen LogP contribution >= 0.6 is 31.9 Å². The van der Waals surface area contributed by atoms with Gasteiger partial charge in [-0.25, -0.2) is 0 Å². The standard InChI is InChI=1S/C26H20Br2N2O4/c27-24-14-19(15-25(28)26(24)33-17-18-6-10-21(11-7-18)30(31)32)16-29-20-8-12-23(13-9-20)34-22-4-2-1-3-5-22/h1-15,29H,16-17H2. The Balaban J connectivity index is 1.34. The van der Waals surface area contributed by atoms with Crippen LogP contribution in [0.2, 0.25) is 0 Å². The lowest BCUT2D eigenvalue weighted by atomic mass is 10.2. The van der Waals surface area contributed by atoms with Crippen LogP contribution in [0.1, 0.15) is 11.1 Å². The molecule has 0 atom stereocenters. The van der Waals surface area contributed by atoms with Crippen LogP contribution in [0.4, 0.5) is 11.4 Å². The minimum absolute atomic E-state index is 0.0568. The average Bonchev–Trinajstić information content (AvgIpc) is 2.84. The second-order valence-corrected chi connectivity index (χ2v) is 9.10. The first-order valence-electron chi connectivity index (χ1n) is 10.4. The maximum Gasteiger partial charge on any atom is 0.269 e. The van der Waals surface area contributed by atoms with E-state index >= 15 is 0 Å². The number of hydrogen-bond donors (Lipinski definition) is 1. The van der Waals surface area contributed by atoms with Crippen LogP contribution < -0.4 is 14.8 Å². The van der Waals surface area contributed by atoms with Crippen molar-refractivity contribution < 1.29 is 14.4 Å². The zero-order chi connectivity index (χ0) is 23.9. The average molecular weight is 584 g/mol. The van der Waals surface area contributed by atoms with Gasteiger partial charge in [0.05, 0.1) is 13.9 Å². The Morgan fingerprint density at radius 1 is 0.794 bits per heavy atom. The van der Waals surface area contributed by atoms with Crippen LogP contribution in [-0.2, 0) is 13.2 Å². The number of rotatable bonds is 9. The first-order chi connectivity index (χ1) is 16.5. The molecule has 34 heavy (non-hydrogen) atoms. The van der Waals surface area contributed by atoms with E-state index in [2.05, 4.69) is 37.2 Å². The third-order valence-corrected chi connectivity index (χ3v) is 6.10. The zero-order valence-corrected chi connectivity index (χ0v) is 21.1. The Morgan fingerprint density at radius 2 is 1.41 bits per heavy atom. The van der Waals surface area contributed by atoms with Crippen molar-refractivity contribution in [2.45, 2.75) is 13.2 Å². The summed E-state index contributed by atoms with van der Waals surface area (Å²) in [6.07, 6.45) is 0. The molecule has 172 valence electrons. The monoisotopic (exact) mass is 582 g/mol. The molecule has 0 aliphatic heterocycles. The van der Waals surface area contributed by atoms with Gasteiger partial charge in [-0.1, -0.05) is 18.2 Å². The number of benzene rings is 4. The third kappa shape index (κ3) is 6.36. The summed E-state index contributed by atoms with van der Waals surface area (Å²) in [5.41, 5.74) is 2.94. The summed E-state index contributed by atoms with van der Waals surface area (Å²) in [6.45, 7) is 0.920. The van der Waals surface area contributed by atoms with E-state index in [4.69, 9.17) is 9.47 Å². The van der Waals surface area contributed by atoms with Gasteiger partial charge in [-0.2, -0.15) is 0 Å². The van der Waals surface area contributed by atoms with E-state index < -0.39 is 4.92 Å². The smallest absolute Gasteiger partial charge is 0.269 e. The second kappa shape index (κ2) is 11.2. The van der Waals surface area contributed by atoms with Crippen LogP contribution in [0, 0.1) is 10.1 Å². The predicted molar refractivity (Wildman–Crippen MR) is 140 cm³/mol. The molecule has 0 aliphatic carbocycles. The molecular weight excluding hydrogens is 564 g/mol. The van der Waals surface area contributed by atoms with Crippen molar-refractivity contribution in [1.29, 1.82) is 0 Å². The number of nitrogens with one attached hydrogen (secondary N) is 1. The molecule has 0 fully saturated rings. The van der Waals surface area contributed by atoms with Crippen molar-refractivity contribution in [3.05, 3.63) is 121 Å². The fourth-order valence-corrected chi connectivity index (χ4v) is 4.70. The fourth-order valence-electron chi connectivity index (χ4n) is 3.19. The summed E-state index contributed by atoms with van der Waals surface area (Å²) in [5, 5.41) is 14.2. The van der Waals surface area contributed by atoms with Crippen molar-refractivity contribution in [3.63, 3.8) is 0 Å². The molecule has 6 nitrogen and oxygen atoms in total. The third-order valence-electron chi connectivity index (χ3n) is 4.92. The SMILES string of the molecule is O=[N+]([O-])c1ccc(COc2c(Br)cc(CNc3ccc(Oc4ccccc4)cc3)cc2Br)cc1. The first-order valence-corrected chi connectivity index (χ1v) is 12.0. The summed E-state index contributed by atoms with van der Waals surface area (Å²) in [4.78, 5) is 10.4. The topological polar surface area (TPSA) is 73.6 Å². The van der Waals surface area contributed by atoms with Gasteiger partial charge in [-0.3, -0.25) is 10.1 Å². The van der Waals surface area contributed by atoms with Crippen LogP contribution in [0.3, 0.4) is 0 Å². The van der Waals surface area contributed by atoms with Gasteiger partial charge in [0.25, 0.3) is 5.69 Å². The normalized spacial score (nSPS) is 10.5. The van der Waals surface area contributed by atoms with E-state index in [1.165, 1.54) is 12.1 Å². The Bertz CT molecular complexity index is 1240. The predicted octanol–water partition coefficient (Wildman–Crippen LogP) is 8.10. The lowest BCUT2D eigenvalue weighted by Crippen LogP contribution is -2.01. The molecule has 4 aromatic carbocycles. The number of hydrogen-bond acceptors (Lipinski definition) is 5. The minimum Gasteiger partial charge on any atom is -0.487 e. The molecule has 1 N–H and O–H groups in total. The van der Waals surface area contributed by atoms with Gasteiger partial charge in [0.1, 0.15) is 23.9 Å².